The van der Waals surface area contributed by atoms with Crippen LogP contribution in [0.1, 0.15) is 45.4 Å². The smallest absolute Gasteiger partial charge is 0.124 e. The van der Waals surface area contributed by atoms with Crippen molar-refractivity contribution in [2.75, 3.05) is 0 Å². The molecule has 0 radical (unpaired) electrons. The van der Waals surface area contributed by atoms with Crippen LogP contribution < -0.4 is 0 Å². The summed E-state index contributed by atoms with van der Waals surface area (Å²) in [4.78, 5) is 10.8. The summed E-state index contributed by atoms with van der Waals surface area (Å²) in [6.07, 6.45) is 6.87. The molecule has 23 heavy (non-hydrogen) atoms. The lowest BCUT2D eigenvalue weighted by Crippen LogP contribution is -1.99. The Morgan fingerprint density at radius 2 is 1.70 bits per heavy atom. The minimum absolute atomic E-state index is 0.536. The molecule has 0 bridgehead atoms. The zero-order valence-electron chi connectivity index (χ0n) is 14.3. The van der Waals surface area contributed by atoms with E-state index < -0.39 is 0 Å². The van der Waals surface area contributed by atoms with Gasteiger partial charge < -0.3 is 4.79 Å². The average molecular weight is 304 g/mol. The van der Waals surface area contributed by atoms with E-state index in [1.54, 1.807) is 0 Å². The first kappa shape index (κ1) is 15.7. The maximum Gasteiger partial charge on any atom is 0.124 e. The number of allylic oxidation sites excluding steroid dienone is 2. The van der Waals surface area contributed by atoms with Crippen LogP contribution in [0.4, 0.5) is 0 Å². The second-order valence-electron chi connectivity index (χ2n) is 6.67. The number of benzene rings is 2. The molecular weight excluding hydrogens is 280 g/mol. The fourth-order valence-electron chi connectivity index (χ4n) is 3.56. The van der Waals surface area contributed by atoms with Crippen LogP contribution in [-0.4, -0.2) is 6.29 Å². The van der Waals surface area contributed by atoms with Gasteiger partial charge in [0, 0.05) is 6.42 Å². The van der Waals surface area contributed by atoms with Gasteiger partial charge in [-0.05, 0) is 79.0 Å². The number of hydrogen-bond acceptors (Lipinski definition) is 1. The largest absolute Gasteiger partial charge is 0.303 e. The van der Waals surface area contributed by atoms with E-state index >= 15 is 0 Å². The number of aldehydes is 1. The molecule has 1 aliphatic rings. The van der Waals surface area contributed by atoms with Gasteiger partial charge in [-0.15, -0.1) is 0 Å². The Bertz CT molecular complexity index is 781. The predicted octanol–water partition coefficient (Wildman–Crippen LogP) is 4.93. The fraction of sp³-hybridized carbons (Fsp3) is 0.318. The third kappa shape index (κ3) is 3.29. The predicted molar refractivity (Wildman–Crippen MR) is 96.9 cm³/mol. The minimum atomic E-state index is 0.536. The molecule has 1 heteroatoms. The molecule has 3 rings (SSSR count). The van der Waals surface area contributed by atoms with Crippen molar-refractivity contribution in [3.05, 3.63) is 75.4 Å². The molecule has 0 fully saturated rings. The highest BCUT2D eigenvalue weighted by molar-refractivity contribution is 5.82. The van der Waals surface area contributed by atoms with Gasteiger partial charge in [0.2, 0.25) is 0 Å². The maximum absolute atomic E-state index is 10.8. The van der Waals surface area contributed by atoms with Gasteiger partial charge in [-0.3, -0.25) is 0 Å². The van der Waals surface area contributed by atoms with E-state index in [-0.39, 0.29) is 0 Å². The summed E-state index contributed by atoms with van der Waals surface area (Å²) in [6.45, 7) is 6.54. The quantitative estimate of drug-likeness (QED) is 0.716. The first-order valence-electron chi connectivity index (χ1n) is 8.40. The molecule has 1 aliphatic carbocycles. The standard InChI is InChI=1S/C22H24O/c1-15-4-5-18(16(2)12-15)6-8-20-14-21-9-7-19(10-11-23)22(21)13-17(20)3/h4-5,7,11-14H,6,8-10H2,1-3H3. The summed E-state index contributed by atoms with van der Waals surface area (Å²) in [7, 11) is 0. The van der Waals surface area contributed by atoms with Gasteiger partial charge in [0.1, 0.15) is 6.29 Å². The minimum Gasteiger partial charge on any atom is -0.303 e. The highest BCUT2D eigenvalue weighted by Gasteiger charge is 2.15. The highest BCUT2D eigenvalue weighted by Crippen LogP contribution is 2.32. The van der Waals surface area contributed by atoms with Crippen LogP contribution in [-0.2, 0) is 24.1 Å². The summed E-state index contributed by atoms with van der Waals surface area (Å²) < 4.78 is 0. The van der Waals surface area contributed by atoms with Crippen molar-refractivity contribution in [3.8, 4) is 0 Å². The summed E-state index contributed by atoms with van der Waals surface area (Å²) in [5, 5.41) is 0. The van der Waals surface area contributed by atoms with Gasteiger partial charge in [-0.1, -0.05) is 42.0 Å². The normalized spacial score (nSPS) is 12.9. The molecular formula is C22H24O. The summed E-state index contributed by atoms with van der Waals surface area (Å²) in [5.74, 6) is 0. The summed E-state index contributed by atoms with van der Waals surface area (Å²) in [5.41, 5.74) is 10.8. The van der Waals surface area contributed by atoms with Gasteiger partial charge in [0.15, 0.2) is 0 Å². The van der Waals surface area contributed by atoms with Crippen molar-refractivity contribution < 1.29 is 4.79 Å². The number of aryl methyl sites for hydroxylation is 5. The Kier molecular flexibility index (Phi) is 4.47. The average Bonchev–Trinajstić information content (AvgIpc) is 2.89. The lowest BCUT2D eigenvalue weighted by atomic mass is 9.93. The van der Waals surface area contributed by atoms with Gasteiger partial charge in [0.05, 0.1) is 0 Å². The van der Waals surface area contributed by atoms with E-state index in [4.69, 9.17) is 0 Å². The molecule has 0 aliphatic heterocycles. The Morgan fingerprint density at radius 1 is 0.957 bits per heavy atom. The molecule has 0 heterocycles. The van der Waals surface area contributed by atoms with Crippen LogP contribution in [0.2, 0.25) is 0 Å². The van der Waals surface area contributed by atoms with Gasteiger partial charge in [-0.2, -0.15) is 0 Å². The molecule has 0 aromatic heterocycles. The second kappa shape index (κ2) is 6.54. The first-order valence-corrected chi connectivity index (χ1v) is 8.40. The number of carbonyl (C=O) groups is 1. The molecule has 0 atom stereocenters. The van der Waals surface area contributed by atoms with Crippen molar-refractivity contribution in [1.82, 2.24) is 0 Å². The van der Waals surface area contributed by atoms with E-state index in [0.29, 0.717) is 6.42 Å². The lowest BCUT2D eigenvalue weighted by molar-refractivity contribution is -0.107. The van der Waals surface area contributed by atoms with E-state index in [2.05, 4.69) is 57.2 Å². The van der Waals surface area contributed by atoms with Gasteiger partial charge >= 0.3 is 0 Å². The summed E-state index contributed by atoms with van der Waals surface area (Å²) in [6, 6.07) is 11.3. The van der Waals surface area contributed by atoms with Crippen molar-refractivity contribution in [3.63, 3.8) is 0 Å². The molecule has 118 valence electrons. The van der Waals surface area contributed by atoms with Gasteiger partial charge in [-0.25, -0.2) is 0 Å². The number of rotatable bonds is 5. The zero-order valence-corrected chi connectivity index (χ0v) is 14.3. The van der Waals surface area contributed by atoms with Crippen LogP contribution in [0.25, 0.3) is 5.57 Å². The van der Waals surface area contributed by atoms with Crippen LogP contribution in [0.5, 0.6) is 0 Å². The van der Waals surface area contributed by atoms with Crippen molar-refractivity contribution in [2.24, 2.45) is 0 Å². The van der Waals surface area contributed by atoms with Crippen LogP contribution in [0, 0.1) is 20.8 Å². The topological polar surface area (TPSA) is 17.1 Å². The zero-order chi connectivity index (χ0) is 16.4. The molecule has 2 aromatic rings. The van der Waals surface area contributed by atoms with E-state index in [1.165, 1.54) is 44.5 Å². The molecule has 0 amide bonds. The lowest BCUT2D eigenvalue weighted by Gasteiger charge is -2.12. The molecule has 0 spiro atoms. The fourth-order valence-corrected chi connectivity index (χ4v) is 3.56. The maximum atomic E-state index is 10.8. The van der Waals surface area contributed by atoms with Crippen LogP contribution >= 0.6 is 0 Å². The molecule has 0 N–H and O–H groups in total. The Labute approximate surface area is 139 Å². The third-order valence-electron chi connectivity index (χ3n) is 4.94. The van der Waals surface area contributed by atoms with Gasteiger partial charge in [0.25, 0.3) is 0 Å². The van der Waals surface area contributed by atoms with Crippen LogP contribution in [0.3, 0.4) is 0 Å². The SMILES string of the molecule is Cc1ccc(CCc2cc3c(cc2C)C(CC=O)=CC3)c(C)c1. The van der Waals surface area contributed by atoms with E-state index in [9.17, 15) is 4.79 Å². The number of fused-ring (bicyclic) bond motifs is 1. The monoisotopic (exact) mass is 304 g/mol. The second-order valence-corrected chi connectivity index (χ2v) is 6.67. The number of carbonyl (C=O) groups excluding carboxylic acids is 1. The Hall–Kier alpha value is -2.15. The van der Waals surface area contributed by atoms with Crippen molar-refractivity contribution in [1.29, 1.82) is 0 Å². The number of hydrogen-bond donors (Lipinski definition) is 0. The van der Waals surface area contributed by atoms with Crippen LogP contribution in [0.15, 0.2) is 36.4 Å². The first-order chi connectivity index (χ1) is 11.1. The molecule has 0 saturated heterocycles. The van der Waals surface area contributed by atoms with E-state index in [0.717, 1.165) is 25.5 Å². The Morgan fingerprint density at radius 3 is 2.43 bits per heavy atom. The molecule has 2 aromatic carbocycles. The van der Waals surface area contributed by atoms with E-state index in [1.807, 2.05) is 0 Å². The highest BCUT2D eigenvalue weighted by atomic mass is 16.1. The summed E-state index contributed by atoms with van der Waals surface area (Å²) >= 11 is 0. The van der Waals surface area contributed by atoms with Crippen molar-refractivity contribution in [2.45, 2.75) is 46.5 Å². The molecule has 0 saturated carbocycles. The third-order valence-corrected chi connectivity index (χ3v) is 4.94. The Balaban J connectivity index is 1.79. The molecule has 0 unspecified atom stereocenters. The van der Waals surface area contributed by atoms with Crippen molar-refractivity contribution >= 4 is 11.9 Å². The molecule has 1 nitrogen and oxygen atoms in total.